The molecule has 20 nitrogen and oxygen atoms in total. The maximum Gasteiger partial charge on any atom is 0.329 e. The molecule has 0 aromatic rings. The average molecular weight is 1500 g/mol. The quantitative estimate of drug-likeness (QED) is 0.0188. The summed E-state index contributed by atoms with van der Waals surface area (Å²) in [6.07, 6.45) is 34.6. The predicted molar refractivity (Wildman–Crippen MR) is 412 cm³/mol. The number of nitrogens with zero attached hydrogens (tertiary/aromatic N) is 1. The molecule has 1 saturated carbocycles. The number of methoxy groups -OCH3 is 3. The molecule has 608 valence electrons. The molecule has 14 atom stereocenters. The minimum absolute atomic E-state index is 0.00986. The molecule has 20 heteroatoms. The van der Waals surface area contributed by atoms with Crippen LogP contribution in [0.15, 0.2) is 36.0 Å². The Hall–Kier alpha value is -4.86. The number of esters is 5. The van der Waals surface area contributed by atoms with Gasteiger partial charge in [0.15, 0.2) is 6.10 Å². The maximum absolute atomic E-state index is 15.1. The van der Waals surface area contributed by atoms with Crippen LogP contribution in [-0.2, 0) is 81.0 Å². The number of rotatable bonds is 47. The third-order valence-corrected chi connectivity index (χ3v) is 22.5. The molecule has 0 radical (unpaired) electrons. The van der Waals surface area contributed by atoms with Crippen molar-refractivity contribution in [3.05, 3.63) is 36.0 Å². The SMILES string of the molecule is C=CC[C@@H]1/C=C(\C)C[C@H](C)C[C@H](OC)C2O[C@@](O)(C(=O)C(=O)N3CCCC[C@H]3C(=O)O[C@H](/C(C)=C/C3CC[C@@H](O)[C@H](OC)C3)[C@H](C)[C@@H](OC(=O)CCCCCC(=O)OC(COC(=O)CCCCCCCCCCCCCCC)COC(=O)CCCCCCCCCCCCCCC)CC1=O)[C@H](C)C[C@@H]2OC. The van der Waals surface area contributed by atoms with Crippen LogP contribution in [0.2, 0.25) is 0 Å². The standard InChI is InChI=1S/C86H145NO19/c1-12-15-17-19-21-23-25-27-29-31-33-35-38-46-77(90)101-60-69(61-102-78(91)47-39-36-34-32-30-28-26-24-22-20-18-16-13-2)103-79(92)48-40-37-41-49-80(93)104-73-59-72(89)68(44-14-3)54-62(4)53-63(5)55-75(99-10)82-76(100-11)57-65(7)86(97,106-82)83(94)84(95)87-52-43-42-45-70(87)85(96)105-81(66(73)8)64(6)56-67-50-51-71(88)74(58-67)98-9/h14,54,56,63,65-71,73-76,81-82,88,97H,3,12-13,15-53,55,57-61H2,1-2,4-11H3/b62-54+,64-56+/t63-,65+,66+,67?,68+,70-,71+,73-,74+,75-,76-,81+,82?,86+/m0/s1. The summed E-state index contributed by atoms with van der Waals surface area (Å²) in [7, 11) is 4.57. The molecule has 1 aliphatic carbocycles. The number of fused-ring (bicyclic) bond motifs is 3. The Balaban J connectivity index is 1.51. The Morgan fingerprint density at radius 3 is 1.60 bits per heavy atom. The van der Waals surface area contributed by atoms with Crippen LogP contribution in [-0.4, -0.2) is 164 Å². The van der Waals surface area contributed by atoms with E-state index in [-0.39, 0.29) is 88.7 Å². The second-order valence-corrected chi connectivity index (χ2v) is 31.8. The van der Waals surface area contributed by atoms with E-state index in [0.717, 1.165) is 49.0 Å². The number of ether oxygens (including phenoxy) is 9. The Morgan fingerprint density at radius 2 is 1.09 bits per heavy atom. The zero-order valence-corrected chi connectivity index (χ0v) is 67.5. The molecule has 4 aliphatic rings. The third-order valence-electron chi connectivity index (χ3n) is 22.5. The summed E-state index contributed by atoms with van der Waals surface area (Å²) >= 11 is 0. The largest absolute Gasteiger partial charge is 0.462 e. The van der Waals surface area contributed by atoms with E-state index in [9.17, 15) is 43.8 Å². The first kappa shape index (κ1) is 93.5. The molecule has 4 rings (SSSR count). The van der Waals surface area contributed by atoms with Crippen molar-refractivity contribution in [1.29, 1.82) is 0 Å². The van der Waals surface area contributed by atoms with Gasteiger partial charge in [-0.1, -0.05) is 219 Å². The lowest BCUT2D eigenvalue weighted by Crippen LogP contribution is -2.64. The first-order chi connectivity index (χ1) is 51.0. The number of Topliss-reactive ketones (excluding diaryl/α,β-unsaturated/α-hetero) is 2. The summed E-state index contributed by atoms with van der Waals surface area (Å²) in [5.41, 5.74) is 1.46. The lowest BCUT2D eigenvalue weighted by molar-refractivity contribution is -0.302. The van der Waals surface area contributed by atoms with Crippen molar-refractivity contribution in [2.75, 3.05) is 41.1 Å². The summed E-state index contributed by atoms with van der Waals surface area (Å²) in [6, 6.07) is -1.26. The number of carbonyl (C=O) groups excluding carboxylic acids is 8. The summed E-state index contributed by atoms with van der Waals surface area (Å²) in [5, 5.41) is 23.2. The number of piperidine rings is 1. The summed E-state index contributed by atoms with van der Waals surface area (Å²) < 4.78 is 54.1. The zero-order valence-electron chi connectivity index (χ0n) is 67.5. The van der Waals surface area contributed by atoms with Gasteiger partial charge in [0, 0.05) is 77.7 Å². The van der Waals surface area contributed by atoms with Crippen molar-refractivity contribution in [2.45, 2.75) is 392 Å². The predicted octanol–water partition coefficient (Wildman–Crippen LogP) is 17.1. The third kappa shape index (κ3) is 35.0. The molecule has 0 aromatic carbocycles. The Kier molecular flexibility index (Phi) is 47.5. The van der Waals surface area contributed by atoms with Gasteiger partial charge < -0.3 is 57.7 Å². The Morgan fingerprint density at radius 1 is 0.613 bits per heavy atom. The molecular formula is C86H145NO19. The van der Waals surface area contributed by atoms with Crippen LogP contribution >= 0.6 is 0 Å². The molecule has 3 aliphatic heterocycles. The molecule has 0 spiro atoms. The molecular weight excluding hydrogens is 1350 g/mol. The molecule has 1 amide bonds. The van der Waals surface area contributed by atoms with Crippen molar-refractivity contribution in [3.63, 3.8) is 0 Å². The van der Waals surface area contributed by atoms with Crippen LogP contribution < -0.4 is 0 Å². The van der Waals surface area contributed by atoms with E-state index in [4.69, 9.17) is 42.6 Å². The number of allylic oxidation sites excluding steroid dienone is 4. The molecule has 2 saturated heterocycles. The maximum atomic E-state index is 15.1. The summed E-state index contributed by atoms with van der Waals surface area (Å²) in [5.74, 6) is -10.7. The van der Waals surface area contributed by atoms with E-state index in [1.54, 1.807) is 34.0 Å². The highest BCUT2D eigenvalue weighted by Gasteiger charge is 2.57. The van der Waals surface area contributed by atoms with Crippen molar-refractivity contribution in [3.8, 4) is 0 Å². The van der Waals surface area contributed by atoms with Crippen LogP contribution in [0.25, 0.3) is 0 Å². The van der Waals surface area contributed by atoms with E-state index < -0.39 is 120 Å². The number of carbonyl (C=O) groups is 8. The smallest absolute Gasteiger partial charge is 0.329 e. The monoisotopic (exact) mass is 1500 g/mol. The van der Waals surface area contributed by atoms with Gasteiger partial charge in [-0.15, -0.1) is 6.58 Å². The highest BCUT2D eigenvalue weighted by Crippen LogP contribution is 2.40. The number of amides is 1. The van der Waals surface area contributed by atoms with Crippen LogP contribution in [0.3, 0.4) is 0 Å². The van der Waals surface area contributed by atoms with Crippen LogP contribution in [0.5, 0.6) is 0 Å². The van der Waals surface area contributed by atoms with E-state index in [0.29, 0.717) is 82.6 Å². The van der Waals surface area contributed by atoms with Crippen LogP contribution in [0, 0.1) is 29.6 Å². The van der Waals surface area contributed by atoms with Gasteiger partial charge in [-0.25, -0.2) is 4.79 Å². The molecule has 3 heterocycles. The summed E-state index contributed by atoms with van der Waals surface area (Å²) in [6.45, 7) is 17.1. The van der Waals surface area contributed by atoms with E-state index >= 15 is 4.79 Å². The number of unbranched alkanes of at least 4 members (excludes halogenated alkanes) is 26. The van der Waals surface area contributed by atoms with Gasteiger partial charge in [-0.05, 0) is 121 Å². The highest BCUT2D eigenvalue weighted by molar-refractivity contribution is 6.39. The zero-order chi connectivity index (χ0) is 77.7. The first-order valence-electron chi connectivity index (χ1n) is 42.0. The topological polar surface area (TPSA) is 263 Å². The highest BCUT2D eigenvalue weighted by atomic mass is 16.7. The van der Waals surface area contributed by atoms with Crippen molar-refractivity contribution in [2.24, 2.45) is 29.6 Å². The minimum Gasteiger partial charge on any atom is -0.462 e. The molecule has 106 heavy (non-hydrogen) atoms. The molecule has 3 fully saturated rings. The number of cyclic esters (lactones) is 1. The Bertz CT molecular complexity index is 2580. The van der Waals surface area contributed by atoms with Gasteiger partial charge in [-0.3, -0.25) is 33.6 Å². The number of hydrogen-bond donors (Lipinski definition) is 2. The normalized spacial score (nSPS) is 27.3. The minimum atomic E-state index is -2.60. The van der Waals surface area contributed by atoms with Gasteiger partial charge in [0.2, 0.25) is 5.79 Å². The molecule has 2 bridgehead atoms. The Labute approximate surface area is 638 Å². The molecule has 2 unspecified atom stereocenters. The molecule has 2 N–H and O–H groups in total. The fourth-order valence-corrected chi connectivity index (χ4v) is 16.0. The van der Waals surface area contributed by atoms with Crippen LogP contribution in [0.1, 0.15) is 331 Å². The summed E-state index contributed by atoms with van der Waals surface area (Å²) in [4.78, 5) is 115. The van der Waals surface area contributed by atoms with Gasteiger partial charge in [0.25, 0.3) is 11.7 Å². The van der Waals surface area contributed by atoms with Crippen molar-refractivity contribution < 1.29 is 91.2 Å². The first-order valence-corrected chi connectivity index (χ1v) is 42.0. The van der Waals surface area contributed by atoms with Crippen molar-refractivity contribution >= 4 is 47.3 Å². The van der Waals surface area contributed by atoms with Gasteiger partial charge in [0.05, 0.1) is 24.4 Å². The van der Waals surface area contributed by atoms with Gasteiger partial charge in [0.1, 0.15) is 43.4 Å². The fraction of sp³-hybridized carbons (Fsp3) is 0.837. The van der Waals surface area contributed by atoms with Crippen LogP contribution in [0.4, 0.5) is 0 Å². The lowest BCUT2D eigenvalue weighted by Gasteiger charge is -2.47. The average Bonchev–Trinajstić information content (AvgIpc) is 0.776. The lowest BCUT2D eigenvalue weighted by atomic mass is 9.81. The molecule has 0 aromatic heterocycles. The van der Waals surface area contributed by atoms with E-state index in [1.807, 2.05) is 26.0 Å². The second kappa shape index (κ2) is 53.9. The number of aliphatic hydroxyl groups excluding tert-OH is 1. The fourth-order valence-electron chi connectivity index (χ4n) is 16.0. The number of hydrogen-bond acceptors (Lipinski definition) is 19. The van der Waals surface area contributed by atoms with Gasteiger partial charge in [-0.2, -0.15) is 0 Å². The van der Waals surface area contributed by atoms with Crippen molar-refractivity contribution in [1.82, 2.24) is 4.90 Å². The van der Waals surface area contributed by atoms with E-state index in [2.05, 4.69) is 20.4 Å². The number of ketones is 2. The second-order valence-electron chi connectivity index (χ2n) is 31.8. The number of aliphatic hydroxyl groups is 2. The van der Waals surface area contributed by atoms with Gasteiger partial charge >= 0.3 is 29.8 Å². The van der Waals surface area contributed by atoms with E-state index in [1.165, 1.54) is 130 Å².